The van der Waals surface area contributed by atoms with Gasteiger partial charge in [-0.2, -0.15) is 0 Å². The van der Waals surface area contributed by atoms with Crippen LogP contribution in [0, 0.1) is 5.92 Å². The number of para-hydroxylation sites is 1. The molecule has 37 heavy (non-hydrogen) atoms. The number of hydrogen-bond donors (Lipinski definition) is 2. The Balaban J connectivity index is 1.34. The first-order valence-electron chi connectivity index (χ1n) is 13.4. The number of aromatic nitrogens is 1. The number of esters is 1. The number of nitrogens with zero attached hydrogens (tertiary/aromatic N) is 1. The number of sulfone groups is 1. The van der Waals surface area contributed by atoms with Crippen LogP contribution in [0.2, 0.25) is 0 Å². The third-order valence-electron chi connectivity index (χ3n) is 6.70. The summed E-state index contributed by atoms with van der Waals surface area (Å²) < 4.78 is 29.4. The number of rotatable bonds is 15. The summed E-state index contributed by atoms with van der Waals surface area (Å²) in [7, 11) is -3.45. The molecule has 0 unspecified atom stereocenters. The van der Waals surface area contributed by atoms with Gasteiger partial charge < -0.3 is 10.1 Å². The number of carbonyl (C=O) groups excluding carboxylic acids is 2. The van der Waals surface area contributed by atoms with E-state index in [0.29, 0.717) is 0 Å². The predicted molar refractivity (Wildman–Crippen MR) is 147 cm³/mol. The molecular formula is C27H39N3O5S2. The standard InChI is InChI=1S/C27H39N3O5S2/c1-2-37(33,34)24-20-36-27(29-24)30-26(32)22-14-9-10-15-23(22)35-25(31)16-8-3-4-11-18-28-19-17-21-12-6-5-7-13-21/h9-10,14-15,20-21,28H,2-8,11-13,16-19H2,1H3,(H,29,30,32). The smallest absolute Gasteiger partial charge is 0.311 e. The molecule has 204 valence electrons. The summed E-state index contributed by atoms with van der Waals surface area (Å²) >= 11 is 1.03. The fourth-order valence-electron chi connectivity index (χ4n) is 4.47. The van der Waals surface area contributed by atoms with Gasteiger partial charge in [-0.15, -0.1) is 11.3 Å². The molecule has 1 fully saturated rings. The largest absolute Gasteiger partial charge is 0.426 e. The molecule has 0 bridgehead atoms. The van der Waals surface area contributed by atoms with E-state index in [-0.39, 0.29) is 39.6 Å². The Labute approximate surface area is 224 Å². The molecule has 2 N–H and O–H groups in total. The van der Waals surface area contributed by atoms with Crippen LogP contribution in [0.5, 0.6) is 5.75 Å². The number of nitrogens with one attached hydrogen (secondary N) is 2. The van der Waals surface area contributed by atoms with E-state index < -0.39 is 15.7 Å². The van der Waals surface area contributed by atoms with Gasteiger partial charge in [-0.05, 0) is 50.4 Å². The summed E-state index contributed by atoms with van der Waals surface area (Å²) in [5.74, 6) is 0.115. The molecule has 1 aromatic heterocycles. The van der Waals surface area contributed by atoms with Crippen LogP contribution in [-0.4, -0.2) is 44.1 Å². The van der Waals surface area contributed by atoms with Gasteiger partial charge in [0.1, 0.15) is 5.75 Å². The second-order valence-electron chi connectivity index (χ2n) is 9.53. The molecule has 10 heteroatoms. The second kappa shape index (κ2) is 15.2. The number of thiazole rings is 1. The monoisotopic (exact) mass is 549 g/mol. The molecule has 0 radical (unpaired) electrons. The van der Waals surface area contributed by atoms with Gasteiger partial charge >= 0.3 is 5.97 Å². The number of amides is 1. The van der Waals surface area contributed by atoms with Crippen LogP contribution in [0.3, 0.4) is 0 Å². The molecule has 0 saturated heterocycles. The van der Waals surface area contributed by atoms with E-state index in [9.17, 15) is 18.0 Å². The molecule has 1 aromatic carbocycles. The minimum atomic E-state index is -3.45. The number of unbranched alkanes of at least 4 members (excludes halogenated alkanes) is 3. The summed E-state index contributed by atoms with van der Waals surface area (Å²) in [6.45, 7) is 3.66. The van der Waals surface area contributed by atoms with Crippen molar-refractivity contribution in [3.63, 3.8) is 0 Å². The summed E-state index contributed by atoms with van der Waals surface area (Å²) in [4.78, 5) is 29.1. The van der Waals surface area contributed by atoms with Gasteiger partial charge in [-0.25, -0.2) is 13.4 Å². The van der Waals surface area contributed by atoms with Crippen molar-refractivity contribution in [1.29, 1.82) is 0 Å². The first-order valence-corrected chi connectivity index (χ1v) is 15.9. The summed E-state index contributed by atoms with van der Waals surface area (Å²) in [5.41, 5.74) is 0.185. The van der Waals surface area contributed by atoms with Crippen LogP contribution < -0.4 is 15.4 Å². The number of benzene rings is 1. The molecular weight excluding hydrogens is 510 g/mol. The van der Waals surface area contributed by atoms with Crippen LogP contribution in [0.15, 0.2) is 34.7 Å². The van der Waals surface area contributed by atoms with Crippen molar-refractivity contribution in [2.24, 2.45) is 5.92 Å². The highest BCUT2D eigenvalue weighted by atomic mass is 32.2. The minimum absolute atomic E-state index is 0.0646. The maximum atomic E-state index is 12.8. The molecule has 0 spiro atoms. The summed E-state index contributed by atoms with van der Waals surface area (Å²) in [6.07, 6.45) is 12.4. The van der Waals surface area contributed by atoms with Crippen molar-refractivity contribution in [2.45, 2.75) is 82.6 Å². The fraction of sp³-hybridized carbons (Fsp3) is 0.593. The van der Waals surface area contributed by atoms with E-state index in [1.165, 1.54) is 50.8 Å². The average molecular weight is 550 g/mol. The third-order valence-corrected chi connectivity index (χ3v) is 9.21. The normalized spacial score (nSPS) is 14.4. The SMILES string of the molecule is CCS(=O)(=O)c1csc(NC(=O)c2ccccc2OC(=O)CCCCCCNCCC2CCCCC2)n1. The van der Waals surface area contributed by atoms with Gasteiger partial charge in [-0.1, -0.05) is 64.0 Å². The molecule has 8 nitrogen and oxygen atoms in total. The van der Waals surface area contributed by atoms with Gasteiger partial charge in [0.05, 0.1) is 11.3 Å². The number of ether oxygens (including phenoxy) is 1. The van der Waals surface area contributed by atoms with Crippen LogP contribution in [0.1, 0.15) is 87.9 Å². The maximum Gasteiger partial charge on any atom is 0.311 e. The Morgan fingerprint density at radius 2 is 1.81 bits per heavy atom. The van der Waals surface area contributed by atoms with Gasteiger partial charge in [0.2, 0.25) is 0 Å². The van der Waals surface area contributed by atoms with E-state index in [0.717, 1.165) is 56.0 Å². The zero-order chi connectivity index (χ0) is 26.5. The van der Waals surface area contributed by atoms with Gasteiger partial charge in [-0.3, -0.25) is 14.9 Å². The average Bonchev–Trinajstić information content (AvgIpc) is 3.38. The minimum Gasteiger partial charge on any atom is -0.426 e. The topological polar surface area (TPSA) is 114 Å². The van der Waals surface area contributed by atoms with E-state index >= 15 is 0 Å². The lowest BCUT2D eigenvalue weighted by Crippen LogP contribution is -2.20. The van der Waals surface area contributed by atoms with Crippen molar-refractivity contribution >= 4 is 38.2 Å². The summed E-state index contributed by atoms with van der Waals surface area (Å²) in [6, 6.07) is 6.48. The maximum absolute atomic E-state index is 12.8. The van der Waals surface area contributed by atoms with Crippen LogP contribution in [0.25, 0.3) is 0 Å². The molecule has 1 heterocycles. The molecule has 2 aromatic rings. The van der Waals surface area contributed by atoms with E-state index in [2.05, 4.69) is 15.6 Å². The highest BCUT2D eigenvalue weighted by molar-refractivity contribution is 7.91. The molecule has 3 rings (SSSR count). The first kappa shape index (κ1) is 29.3. The lowest BCUT2D eigenvalue weighted by Gasteiger charge is -2.21. The molecule has 1 aliphatic rings. The molecule has 1 saturated carbocycles. The Bertz CT molecular complexity index is 1110. The van der Waals surface area contributed by atoms with Gasteiger partial charge in [0, 0.05) is 11.8 Å². The van der Waals surface area contributed by atoms with Crippen LogP contribution in [-0.2, 0) is 14.6 Å². The van der Waals surface area contributed by atoms with Crippen molar-refractivity contribution < 1.29 is 22.7 Å². The summed E-state index contributed by atoms with van der Waals surface area (Å²) in [5, 5.41) is 7.64. The van der Waals surface area contributed by atoms with Crippen molar-refractivity contribution in [3.8, 4) is 5.75 Å². The highest BCUT2D eigenvalue weighted by Gasteiger charge is 2.19. The van der Waals surface area contributed by atoms with E-state index in [4.69, 9.17) is 4.74 Å². The molecule has 0 atom stereocenters. The van der Waals surface area contributed by atoms with Crippen molar-refractivity contribution in [3.05, 3.63) is 35.2 Å². The highest BCUT2D eigenvalue weighted by Crippen LogP contribution is 2.26. The number of hydrogen-bond acceptors (Lipinski definition) is 8. The molecule has 1 amide bonds. The fourth-order valence-corrected chi connectivity index (χ4v) is 6.35. The Kier molecular flexibility index (Phi) is 12.0. The van der Waals surface area contributed by atoms with Crippen LogP contribution in [0.4, 0.5) is 5.13 Å². The van der Waals surface area contributed by atoms with Crippen molar-refractivity contribution in [1.82, 2.24) is 10.3 Å². The lowest BCUT2D eigenvalue weighted by molar-refractivity contribution is -0.134. The van der Waals surface area contributed by atoms with Gasteiger partial charge in [0.15, 0.2) is 20.0 Å². The van der Waals surface area contributed by atoms with Crippen LogP contribution >= 0.6 is 11.3 Å². The third kappa shape index (κ3) is 9.83. The lowest BCUT2D eigenvalue weighted by atomic mass is 9.87. The zero-order valence-corrected chi connectivity index (χ0v) is 23.3. The van der Waals surface area contributed by atoms with E-state index in [1.807, 2.05) is 0 Å². The number of carbonyl (C=O) groups is 2. The Morgan fingerprint density at radius 1 is 1.05 bits per heavy atom. The van der Waals surface area contributed by atoms with Crippen molar-refractivity contribution in [2.75, 3.05) is 24.2 Å². The van der Waals surface area contributed by atoms with Gasteiger partial charge in [0.25, 0.3) is 5.91 Å². The molecule has 0 aliphatic heterocycles. The quantitative estimate of drug-likeness (QED) is 0.169. The zero-order valence-electron chi connectivity index (χ0n) is 21.7. The molecule has 1 aliphatic carbocycles. The Morgan fingerprint density at radius 3 is 2.59 bits per heavy atom. The predicted octanol–water partition coefficient (Wildman–Crippen LogP) is 5.60. The second-order valence-corrected chi connectivity index (χ2v) is 12.6. The Hall–Kier alpha value is -2.30. The first-order chi connectivity index (χ1) is 17.9. The number of anilines is 1. The van der Waals surface area contributed by atoms with E-state index in [1.54, 1.807) is 24.3 Å².